The lowest BCUT2D eigenvalue weighted by Gasteiger charge is -2.17. The van der Waals surface area contributed by atoms with Crippen molar-refractivity contribution in [1.29, 1.82) is 0 Å². The van der Waals surface area contributed by atoms with Crippen molar-refractivity contribution in [2.24, 2.45) is 0 Å². The monoisotopic (exact) mass is 284 g/mol. The summed E-state index contributed by atoms with van der Waals surface area (Å²) in [7, 11) is 0. The molecule has 1 atom stereocenters. The number of benzene rings is 2. The fourth-order valence-corrected chi connectivity index (χ4v) is 2.35. The first kappa shape index (κ1) is 15.6. The predicted molar refractivity (Wildman–Crippen MR) is 86.9 cm³/mol. The summed E-state index contributed by atoms with van der Waals surface area (Å²) in [5, 5.41) is 10.3. The molecule has 0 aliphatic heterocycles. The van der Waals surface area contributed by atoms with Gasteiger partial charge in [-0.3, -0.25) is 0 Å². The summed E-state index contributed by atoms with van der Waals surface area (Å²) in [5.74, 6) is 1.32. The molecule has 2 aromatic carbocycles. The fourth-order valence-electron chi connectivity index (χ4n) is 2.35. The number of aliphatic hydroxyl groups excluding tert-OH is 1. The average Bonchev–Trinajstić information content (AvgIpc) is 2.46. The minimum absolute atomic E-state index is 0.271. The van der Waals surface area contributed by atoms with E-state index in [-0.39, 0.29) is 6.61 Å². The molecule has 0 aromatic heterocycles. The SMILES string of the molecule is Cc1ccc(C(C)C)cc1OCC(O)c1ccccc1C. The van der Waals surface area contributed by atoms with Gasteiger partial charge in [-0.1, -0.05) is 50.2 Å². The van der Waals surface area contributed by atoms with E-state index in [2.05, 4.69) is 32.0 Å². The molecular weight excluding hydrogens is 260 g/mol. The first-order chi connectivity index (χ1) is 9.99. The molecule has 0 aliphatic carbocycles. The Morgan fingerprint density at radius 2 is 1.71 bits per heavy atom. The molecule has 0 bridgehead atoms. The minimum atomic E-state index is -0.603. The predicted octanol–water partition coefficient (Wildman–Crippen LogP) is 4.54. The van der Waals surface area contributed by atoms with Crippen molar-refractivity contribution < 1.29 is 9.84 Å². The maximum atomic E-state index is 10.3. The van der Waals surface area contributed by atoms with Gasteiger partial charge in [0.2, 0.25) is 0 Å². The molecule has 0 heterocycles. The van der Waals surface area contributed by atoms with Crippen molar-refractivity contribution in [3.63, 3.8) is 0 Å². The molecule has 0 spiro atoms. The molecule has 2 aromatic rings. The third kappa shape index (κ3) is 3.85. The van der Waals surface area contributed by atoms with Gasteiger partial charge in [-0.15, -0.1) is 0 Å². The van der Waals surface area contributed by atoms with E-state index in [0.717, 1.165) is 22.4 Å². The van der Waals surface area contributed by atoms with Gasteiger partial charge in [0.1, 0.15) is 18.5 Å². The molecule has 0 amide bonds. The van der Waals surface area contributed by atoms with Crippen LogP contribution in [0.5, 0.6) is 5.75 Å². The molecule has 2 rings (SSSR count). The van der Waals surface area contributed by atoms with Gasteiger partial charge in [0.25, 0.3) is 0 Å². The lowest BCUT2D eigenvalue weighted by molar-refractivity contribution is 0.107. The lowest BCUT2D eigenvalue weighted by Crippen LogP contribution is -2.11. The van der Waals surface area contributed by atoms with E-state index >= 15 is 0 Å². The summed E-state index contributed by atoms with van der Waals surface area (Å²) in [6, 6.07) is 14.1. The summed E-state index contributed by atoms with van der Waals surface area (Å²) in [6.45, 7) is 8.63. The van der Waals surface area contributed by atoms with Gasteiger partial charge < -0.3 is 9.84 Å². The Labute approximate surface area is 127 Å². The van der Waals surface area contributed by atoms with Crippen LogP contribution in [0.25, 0.3) is 0 Å². The van der Waals surface area contributed by atoms with Crippen LogP contribution in [0.4, 0.5) is 0 Å². The molecule has 1 N–H and O–H groups in total. The minimum Gasteiger partial charge on any atom is -0.490 e. The molecule has 0 fully saturated rings. The molecule has 2 heteroatoms. The lowest BCUT2D eigenvalue weighted by atomic mass is 10.0. The Morgan fingerprint density at radius 1 is 1.00 bits per heavy atom. The molecular formula is C19H24O2. The van der Waals surface area contributed by atoms with Gasteiger partial charge in [0.05, 0.1) is 0 Å². The van der Waals surface area contributed by atoms with Crippen LogP contribution in [0.3, 0.4) is 0 Å². The molecule has 1 unspecified atom stereocenters. The van der Waals surface area contributed by atoms with Gasteiger partial charge in [-0.25, -0.2) is 0 Å². The van der Waals surface area contributed by atoms with Gasteiger partial charge in [-0.05, 0) is 48.1 Å². The fraction of sp³-hybridized carbons (Fsp3) is 0.368. The second kappa shape index (κ2) is 6.77. The van der Waals surface area contributed by atoms with Crippen LogP contribution >= 0.6 is 0 Å². The quantitative estimate of drug-likeness (QED) is 0.873. The standard InChI is InChI=1S/C19H24O2/c1-13(2)16-10-9-15(4)19(11-16)21-12-18(20)17-8-6-5-7-14(17)3/h5-11,13,18,20H,12H2,1-4H3. The van der Waals surface area contributed by atoms with E-state index in [1.807, 2.05) is 38.1 Å². The Hall–Kier alpha value is -1.80. The molecule has 0 saturated carbocycles. The Balaban J connectivity index is 2.09. The van der Waals surface area contributed by atoms with E-state index in [1.165, 1.54) is 5.56 Å². The number of ether oxygens (including phenoxy) is 1. The zero-order valence-electron chi connectivity index (χ0n) is 13.3. The summed E-state index contributed by atoms with van der Waals surface area (Å²) in [4.78, 5) is 0. The highest BCUT2D eigenvalue weighted by Crippen LogP contribution is 2.26. The maximum Gasteiger partial charge on any atom is 0.122 e. The van der Waals surface area contributed by atoms with Crippen molar-refractivity contribution in [2.75, 3.05) is 6.61 Å². The normalized spacial score (nSPS) is 12.5. The molecule has 2 nitrogen and oxygen atoms in total. The topological polar surface area (TPSA) is 29.5 Å². The van der Waals surface area contributed by atoms with E-state index in [4.69, 9.17) is 4.74 Å². The van der Waals surface area contributed by atoms with Crippen LogP contribution in [0.1, 0.15) is 48.1 Å². The Kier molecular flexibility index (Phi) is 5.03. The summed E-state index contributed by atoms with van der Waals surface area (Å²) in [5.41, 5.74) is 4.36. The van der Waals surface area contributed by atoms with Crippen LogP contribution in [0.2, 0.25) is 0 Å². The van der Waals surface area contributed by atoms with Crippen LogP contribution in [-0.2, 0) is 0 Å². The summed E-state index contributed by atoms with van der Waals surface area (Å²) in [6.07, 6.45) is -0.603. The van der Waals surface area contributed by atoms with Crippen LogP contribution in [0.15, 0.2) is 42.5 Å². The summed E-state index contributed by atoms with van der Waals surface area (Å²) < 4.78 is 5.85. The van der Waals surface area contributed by atoms with E-state index < -0.39 is 6.10 Å². The van der Waals surface area contributed by atoms with E-state index in [1.54, 1.807) is 0 Å². The number of hydrogen-bond acceptors (Lipinski definition) is 2. The molecule has 112 valence electrons. The third-order valence-electron chi connectivity index (χ3n) is 3.82. The molecule has 0 saturated heterocycles. The summed E-state index contributed by atoms with van der Waals surface area (Å²) >= 11 is 0. The Bertz CT molecular complexity index is 602. The van der Waals surface area contributed by atoms with Gasteiger partial charge in [-0.2, -0.15) is 0 Å². The smallest absolute Gasteiger partial charge is 0.122 e. The zero-order chi connectivity index (χ0) is 15.4. The first-order valence-electron chi connectivity index (χ1n) is 7.46. The van der Waals surface area contributed by atoms with Gasteiger partial charge in [0.15, 0.2) is 0 Å². The van der Waals surface area contributed by atoms with E-state index in [9.17, 15) is 5.11 Å². The van der Waals surface area contributed by atoms with Crippen molar-refractivity contribution in [1.82, 2.24) is 0 Å². The van der Waals surface area contributed by atoms with Crippen LogP contribution < -0.4 is 4.74 Å². The van der Waals surface area contributed by atoms with Crippen molar-refractivity contribution in [2.45, 2.75) is 39.7 Å². The first-order valence-corrected chi connectivity index (χ1v) is 7.46. The zero-order valence-corrected chi connectivity index (χ0v) is 13.3. The highest BCUT2D eigenvalue weighted by atomic mass is 16.5. The van der Waals surface area contributed by atoms with Crippen LogP contribution in [-0.4, -0.2) is 11.7 Å². The maximum absolute atomic E-state index is 10.3. The third-order valence-corrected chi connectivity index (χ3v) is 3.82. The molecule has 21 heavy (non-hydrogen) atoms. The highest BCUT2D eigenvalue weighted by molar-refractivity contribution is 5.38. The van der Waals surface area contributed by atoms with Gasteiger partial charge >= 0.3 is 0 Å². The number of aryl methyl sites for hydroxylation is 2. The molecule has 0 radical (unpaired) electrons. The van der Waals surface area contributed by atoms with Crippen molar-refractivity contribution in [3.8, 4) is 5.75 Å². The number of aliphatic hydroxyl groups is 1. The number of hydrogen-bond donors (Lipinski definition) is 1. The highest BCUT2D eigenvalue weighted by Gasteiger charge is 2.12. The van der Waals surface area contributed by atoms with Crippen LogP contribution in [0, 0.1) is 13.8 Å². The van der Waals surface area contributed by atoms with Gasteiger partial charge in [0, 0.05) is 0 Å². The second-order valence-electron chi connectivity index (χ2n) is 5.86. The Morgan fingerprint density at radius 3 is 2.38 bits per heavy atom. The number of rotatable bonds is 5. The van der Waals surface area contributed by atoms with Crippen molar-refractivity contribution in [3.05, 3.63) is 64.7 Å². The van der Waals surface area contributed by atoms with Crippen molar-refractivity contribution >= 4 is 0 Å². The average molecular weight is 284 g/mol. The second-order valence-corrected chi connectivity index (χ2v) is 5.86. The van der Waals surface area contributed by atoms with E-state index in [0.29, 0.717) is 5.92 Å². The largest absolute Gasteiger partial charge is 0.490 e. The molecule has 0 aliphatic rings.